The predicted octanol–water partition coefficient (Wildman–Crippen LogP) is 1.67. The summed E-state index contributed by atoms with van der Waals surface area (Å²) < 4.78 is 12.9. The number of benzene rings is 1. The maximum absolute atomic E-state index is 12.9. The Morgan fingerprint density at radius 1 is 1.58 bits per heavy atom. The van der Waals surface area contributed by atoms with E-state index in [1.54, 1.807) is 6.07 Å². The first-order valence-corrected chi connectivity index (χ1v) is 3.78. The molecule has 0 bridgehead atoms. The number of hydrogen-bond acceptors (Lipinski definition) is 1. The molecule has 0 aromatic heterocycles. The number of amidine groups is 1. The molecular formula is C9H11FN2. The fraction of sp³-hybridized carbons (Fsp3) is 0.222. The van der Waals surface area contributed by atoms with Crippen LogP contribution in [-0.2, 0) is 6.42 Å². The topological polar surface area (TPSA) is 49.9 Å². The zero-order chi connectivity index (χ0) is 9.14. The van der Waals surface area contributed by atoms with Gasteiger partial charge in [0, 0.05) is 5.56 Å². The summed E-state index contributed by atoms with van der Waals surface area (Å²) in [6.45, 7) is 1.86. The third kappa shape index (κ3) is 1.61. The number of rotatable bonds is 2. The summed E-state index contributed by atoms with van der Waals surface area (Å²) in [7, 11) is 0. The zero-order valence-corrected chi connectivity index (χ0v) is 6.89. The lowest BCUT2D eigenvalue weighted by molar-refractivity contribution is 0.612. The molecule has 1 aromatic carbocycles. The quantitative estimate of drug-likeness (QED) is 0.509. The first-order chi connectivity index (χ1) is 5.65. The molecule has 12 heavy (non-hydrogen) atoms. The lowest BCUT2D eigenvalue weighted by Gasteiger charge is -2.02. The zero-order valence-electron chi connectivity index (χ0n) is 6.89. The van der Waals surface area contributed by atoms with Crippen molar-refractivity contribution in [3.05, 3.63) is 35.1 Å². The fourth-order valence-corrected chi connectivity index (χ4v) is 1.01. The summed E-state index contributed by atoms with van der Waals surface area (Å²) in [5.74, 6) is -0.257. The van der Waals surface area contributed by atoms with Crippen LogP contribution < -0.4 is 5.73 Å². The van der Waals surface area contributed by atoms with Crippen molar-refractivity contribution in [2.75, 3.05) is 0 Å². The summed E-state index contributed by atoms with van der Waals surface area (Å²) >= 11 is 0. The number of halogens is 1. The molecule has 0 unspecified atom stereocenters. The van der Waals surface area contributed by atoms with Gasteiger partial charge in [-0.1, -0.05) is 6.92 Å². The van der Waals surface area contributed by atoms with Crippen LogP contribution in [-0.4, -0.2) is 5.84 Å². The maximum Gasteiger partial charge on any atom is 0.126 e. The number of nitrogen functional groups attached to an aromatic ring is 1. The lowest BCUT2D eigenvalue weighted by Crippen LogP contribution is -2.11. The summed E-state index contributed by atoms with van der Waals surface area (Å²) in [4.78, 5) is 0. The maximum atomic E-state index is 12.9. The Labute approximate surface area is 70.7 Å². The van der Waals surface area contributed by atoms with Crippen LogP contribution in [0.15, 0.2) is 18.2 Å². The van der Waals surface area contributed by atoms with Crippen LogP contribution in [0.3, 0.4) is 0 Å². The second-order valence-corrected chi connectivity index (χ2v) is 2.57. The summed E-state index contributed by atoms with van der Waals surface area (Å²) in [6.07, 6.45) is 0.618. The Hall–Kier alpha value is -1.38. The molecule has 1 rings (SSSR count). The highest BCUT2D eigenvalue weighted by Gasteiger charge is 2.02. The highest BCUT2D eigenvalue weighted by Crippen LogP contribution is 2.10. The van der Waals surface area contributed by atoms with Crippen LogP contribution in [0.5, 0.6) is 0 Å². The normalized spacial score (nSPS) is 9.83. The average Bonchev–Trinajstić information content (AvgIpc) is 2.05. The lowest BCUT2D eigenvalue weighted by atomic mass is 10.1. The van der Waals surface area contributed by atoms with Crippen LogP contribution >= 0.6 is 0 Å². The minimum Gasteiger partial charge on any atom is -0.384 e. The third-order valence-corrected chi connectivity index (χ3v) is 1.74. The van der Waals surface area contributed by atoms with Gasteiger partial charge in [-0.2, -0.15) is 0 Å². The minimum absolute atomic E-state index is 0.0234. The fourth-order valence-electron chi connectivity index (χ4n) is 1.01. The van der Waals surface area contributed by atoms with E-state index in [-0.39, 0.29) is 11.7 Å². The summed E-state index contributed by atoms with van der Waals surface area (Å²) in [5.41, 5.74) is 6.43. The second kappa shape index (κ2) is 3.34. The standard InChI is InChI=1S/C9H11FN2/c1-2-6-5-7(9(11)12)3-4-8(6)10/h3-5H,2H2,1H3,(H3,11,12). The van der Waals surface area contributed by atoms with Crippen LogP contribution in [0.2, 0.25) is 0 Å². The van der Waals surface area contributed by atoms with E-state index in [1.165, 1.54) is 12.1 Å². The van der Waals surface area contributed by atoms with Crippen LogP contribution in [0.25, 0.3) is 0 Å². The van der Waals surface area contributed by atoms with Crippen molar-refractivity contribution in [2.24, 2.45) is 5.73 Å². The van der Waals surface area contributed by atoms with Crippen LogP contribution in [0.1, 0.15) is 18.1 Å². The molecule has 0 heterocycles. The van der Waals surface area contributed by atoms with E-state index in [9.17, 15) is 4.39 Å². The van der Waals surface area contributed by atoms with Crippen molar-refractivity contribution >= 4 is 5.84 Å². The van der Waals surface area contributed by atoms with Gasteiger partial charge in [0.2, 0.25) is 0 Å². The molecule has 0 saturated carbocycles. The van der Waals surface area contributed by atoms with Gasteiger partial charge in [0.15, 0.2) is 0 Å². The summed E-state index contributed by atoms with van der Waals surface area (Å²) in [6, 6.07) is 4.46. The van der Waals surface area contributed by atoms with E-state index in [1.807, 2.05) is 6.92 Å². The van der Waals surface area contributed by atoms with E-state index in [4.69, 9.17) is 11.1 Å². The van der Waals surface area contributed by atoms with Gasteiger partial charge in [-0.3, -0.25) is 5.41 Å². The van der Waals surface area contributed by atoms with Crippen molar-refractivity contribution in [1.29, 1.82) is 5.41 Å². The van der Waals surface area contributed by atoms with Crippen molar-refractivity contribution < 1.29 is 4.39 Å². The van der Waals surface area contributed by atoms with E-state index in [2.05, 4.69) is 0 Å². The Bertz CT molecular complexity index is 307. The number of nitrogens with two attached hydrogens (primary N) is 1. The molecule has 0 saturated heterocycles. The molecule has 0 radical (unpaired) electrons. The molecular weight excluding hydrogens is 155 g/mol. The van der Waals surface area contributed by atoms with Crippen molar-refractivity contribution in [2.45, 2.75) is 13.3 Å². The van der Waals surface area contributed by atoms with E-state index < -0.39 is 0 Å². The molecule has 3 heteroatoms. The number of aryl methyl sites for hydroxylation is 1. The molecule has 0 atom stereocenters. The van der Waals surface area contributed by atoms with E-state index >= 15 is 0 Å². The Balaban J connectivity index is 3.13. The molecule has 64 valence electrons. The molecule has 1 aromatic rings. The summed E-state index contributed by atoms with van der Waals surface area (Å²) in [5, 5.41) is 7.13. The van der Waals surface area contributed by atoms with Gasteiger partial charge in [-0.15, -0.1) is 0 Å². The second-order valence-electron chi connectivity index (χ2n) is 2.57. The minimum atomic E-state index is -0.234. The molecule has 0 spiro atoms. The van der Waals surface area contributed by atoms with Gasteiger partial charge >= 0.3 is 0 Å². The number of hydrogen-bond donors (Lipinski definition) is 2. The Morgan fingerprint density at radius 2 is 2.25 bits per heavy atom. The molecule has 2 nitrogen and oxygen atoms in total. The van der Waals surface area contributed by atoms with Crippen LogP contribution in [0.4, 0.5) is 4.39 Å². The van der Waals surface area contributed by atoms with Crippen LogP contribution in [0, 0.1) is 11.2 Å². The smallest absolute Gasteiger partial charge is 0.126 e. The Kier molecular flexibility index (Phi) is 2.43. The Morgan fingerprint density at radius 3 is 2.75 bits per heavy atom. The highest BCUT2D eigenvalue weighted by atomic mass is 19.1. The first-order valence-electron chi connectivity index (χ1n) is 3.78. The third-order valence-electron chi connectivity index (χ3n) is 1.74. The van der Waals surface area contributed by atoms with E-state index in [0.29, 0.717) is 17.5 Å². The average molecular weight is 166 g/mol. The van der Waals surface area contributed by atoms with Gasteiger partial charge in [0.1, 0.15) is 11.7 Å². The number of nitrogens with one attached hydrogen (secondary N) is 1. The van der Waals surface area contributed by atoms with Gasteiger partial charge in [0.25, 0.3) is 0 Å². The van der Waals surface area contributed by atoms with Crippen molar-refractivity contribution in [1.82, 2.24) is 0 Å². The molecule has 0 fully saturated rings. The predicted molar refractivity (Wildman–Crippen MR) is 46.8 cm³/mol. The largest absolute Gasteiger partial charge is 0.384 e. The van der Waals surface area contributed by atoms with Gasteiger partial charge in [0.05, 0.1) is 0 Å². The molecule has 0 aliphatic carbocycles. The molecule has 0 aliphatic heterocycles. The molecule has 0 aliphatic rings. The van der Waals surface area contributed by atoms with E-state index in [0.717, 1.165) is 0 Å². The van der Waals surface area contributed by atoms with Gasteiger partial charge < -0.3 is 5.73 Å². The monoisotopic (exact) mass is 166 g/mol. The highest BCUT2D eigenvalue weighted by molar-refractivity contribution is 5.95. The molecule has 3 N–H and O–H groups in total. The van der Waals surface area contributed by atoms with Crippen molar-refractivity contribution in [3.8, 4) is 0 Å². The molecule has 0 amide bonds. The van der Waals surface area contributed by atoms with Gasteiger partial charge in [-0.05, 0) is 30.2 Å². The van der Waals surface area contributed by atoms with Gasteiger partial charge in [-0.25, -0.2) is 4.39 Å². The first kappa shape index (κ1) is 8.71. The van der Waals surface area contributed by atoms with Crippen molar-refractivity contribution in [3.63, 3.8) is 0 Å². The SMILES string of the molecule is CCc1cc(C(=N)N)ccc1F.